The Balaban J connectivity index is 4.30. The Labute approximate surface area is 103 Å². The fraction of sp³-hybridized carbons (Fsp3) is 1.00. The minimum atomic E-state index is 0.0966. The normalized spacial score (nSPS) is 14.4. The Bertz CT molecular complexity index is 143. The number of halogens is 1. The smallest absolute Gasteiger partial charge is 0.146 e. The van der Waals surface area contributed by atoms with Gasteiger partial charge in [-0.15, -0.1) is 11.6 Å². The highest BCUT2D eigenvalue weighted by atomic mass is 35.5. The van der Waals surface area contributed by atoms with Gasteiger partial charge in [0.2, 0.25) is 0 Å². The topological polar surface area (TPSA) is 9.23 Å². The van der Waals surface area contributed by atoms with Gasteiger partial charge in [-0.2, -0.15) is 0 Å². The van der Waals surface area contributed by atoms with Crippen LogP contribution in [-0.2, 0) is 4.43 Å². The Kier molecular flexibility index (Phi) is 8.87. The van der Waals surface area contributed by atoms with E-state index in [0.29, 0.717) is 0 Å². The molecule has 1 nitrogen and oxygen atoms in total. The monoisotopic (exact) mass is 250 g/mol. The van der Waals surface area contributed by atoms with Crippen LogP contribution in [0, 0.1) is 0 Å². The zero-order chi connectivity index (χ0) is 11.7. The summed E-state index contributed by atoms with van der Waals surface area (Å²) in [6.07, 6.45) is 8.39. The van der Waals surface area contributed by atoms with E-state index in [0.717, 1.165) is 16.9 Å². The maximum absolute atomic E-state index is 6.13. The first-order chi connectivity index (χ1) is 7.10. The number of hydrogen-bond donors (Lipinski definition) is 0. The Morgan fingerprint density at radius 2 is 1.67 bits per heavy atom. The lowest BCUT2D eigenvalue weighted by Crippen LogP contribution is -2.34. The molecule has 0 amide bonds. The Hall–Kier alpha value is 0.467. The fourth-order valence-electron chi connectivity index (χ4n) is 2.13. The molecular formula is C12H27ClOSi. The standard InChI is InChI=1S/C12H27ClOSi/c1-4-6-8-12(14-15,9-7-5-2)10-11(3)13/h11H,4-10H2,1-3,15H3. The summed E-state index contributed by atoms with van der Waals surface area (Å²) in [5.74, 6) is 0. The lowest BCUT2D eigenvalue weighted by molar-refractivity contribution is 0.0464. The lowest BCUT2D eigenvalue weighted by atomic mass is 9.87. The summed E-state index contributed by atoms with van der Waals surface area (Å²) in [6.45, 7) is 6.55. The molecule has 0 N–H and O–H groups in total. The van der Waals surface area contributed by atoms with Gasteiger partial charge in [-0.3, -0.25) is 0 Å². The minimum Gasteiger partial charge on any atom is -0.422 e. The van der Waals surface area contributed by atoms with Gasteiger partial charge in [-0.05, 0) is 26.2 Å². The van der Waals surface area contributed by atoms with Gasteiger partial charge in [0.15, 0.2) is 0 Å². The molecular weight excluding hydrogens is 224 g/mol. The summed E-state index contributed by atoms with van der Waals surface area (Å²) in [6, 6.07) is 0. The summed E-state index contributed by atoms with van der Waals surface area (Å²) in [7, 11) is 0.826. The van der Waals surface area contributed by atoms with E-state index in [9.17, 15) is 0 Å². The van der Waals surface area contributed by atoms with Gasteiger partial charge in [0.05, 0.1) is 5.60 Å². The van der Waals surface area contributed by atoms with Gasteiger partial charge in [-0.1, -0.05) is 39.5 Å². The summed E-state index contributed by atoms with van der Waals surface area (Å²) in [5, 5.41) is 0.229. The van der Waals surface area contributed by atoms with Crippen LogP contribution in [-0.4, -0.2) is 21.5 Å². The van der Waals surface area contributed by atoms with Crippen LogP contribution < -0.4 is 0 Å². The maximum Gasteiger partial charge on any atom is 0.146 e. The summed E-state index contributed by atoms with van der Waals surface area (Å²) < 4.78 is 5.91. The largest absolute Gasteiger partial charge is 0.422 e. The lowest BCUT2D eigenvalue weighted by Gasteiger charge is -2.34. The molecule has 0 fully saturated rings. The highest BCUT2D eigenvalue weighted by molar-refractivity contribution is 6.20. The van der Waals surface area contributed by atoms with Crippen molar-refractivity contribution in [2.45, 2.75) is 76.7 Å². The molecule has 0 aliphatic heterocycles. The summed E-state index contributed by atoms with van der Waals surface area (Å²) in [4.78, 5) is 0. The van der Waals surface area contributed by atoms with Gasteiger partial charge < -0.3 is 4.43 Å². The van der Waals surface area contributed by atoms with E-state index in [1.807, 2.05) is 0 Å². The molecule has 15 heavy (non-hydrogen) atoms. The molecule has 0 saturated heterocycles. The van der Waals surface area contributed by atoms with Crippen LogP contribution in [0.1, 0.15) is 65.7 Å². The average molecular weight is 251 g/mol. The molecule has 1 unspecified atom stereocenters. The van der Waals surface area contributed by atoms with Crippen LogP contribution in [0.3, 0.4) is 0 Å². The first kappa shape index (κ1) is 15.5. The van der Waals surface area contributed by atoms with Crippen LogP contribution in [0.15, 0.2) is 0 Å². The Morgan fingerprint density at radius 3 is 1.93 bits per heavy atom. The van der Waals surface area contributed by atoms with Gasteiger partial charge >= 0.3 is 0 Å². The number of alkyl halides is 1. The molecule has 0 bridgehead atoms. The molecule has 0 aromatic carbocycles. The van der Waals surface area contributed by atoms with Crippen LogP contribution >= 0.6 is 11.6 Å². The van der Waals surface area contributed by atoms with Crippen molar-refractivity contribution in [3.63, 3.8) is 0 Å². The zero-order valence-electron chi connectivity index (χ0n) is 10.8. The van der Waals surface area contributed by atoms with E-state index in [2.05, 4.69) is 20.8 Å². The summed E-state index contributed by atoms with van der Waals surface area (Å²) >= 11 is 6.13. The van der Waals surface area contributed by atoms with Crippen molar-refractivity contribution >= 4 is 22.1 Å². The van der Waals surface area contributed by atoms with E-state index in [1.165, 1.54) is 38.5 Å². The molecule has 0 saturated carbocycles. The highest BCUT2D eigenvalue weighted by Crippen LogP contribution is 2.31. The molecule has 0 aromatic heterocycles. The first-order valence-electron chi connectivity index (χ1n) is 6.29. The van der Waals surface area contributed by atoms with E-state index < -0.39 is 0 Å². The van der Waals surface area contributed by atoms with Crippen LogP contribution in [0.5, 0.6) is 0 Å². The Morgan fingerprint density at radius 1 is 1.20 bits per heavy atom. The molecule has 3 heteroatoms. The molecule has 0 spiro atoms. The molecule has 0 aliphatic rings. The molecule has 0 radical (unpaired) electrons. The molecule has 0 aliphatic carbocycles. The number of rotatable bonds is 9. The molecule has 0 heterocycles. The second-order valence-electron chi connectivity index (χ2n) is 4.58. The molecule has 92 valence electrons. The van der Waals surface area contributed by atoms with Crippen molar-refractivity contribution < 1.29 is 4.43 Å². The molecule has 1 atom stereocenters. The second kappa shape index (κ2) is 8.60. The second-order valence-corrected chi connectivity index (χ2v) is 5.73. The third-order valence-corrected chi connectivity index (χ3v) is 4.08. The predicted octanol–water partition coefficient (Wildman–Crippen LogP) is 3.42. The van der Waals surface area contributed by atoms with Crippen molar-refractivity contribution in [2.24, 2.45) is 0 Å². The quantitative estimate of drug-likeness (QED) is 0.450. The van der Waals surface area contributed by atoms with E-state index >= 15 is 0 Å². The van der Waals surface area contributed by atoms with Crippen molar-refractivity contribution in [2.75, 3.05) is 0 Å². The SMILES string of the molecule is CCCCC(CCCC)(CC(C)Cl)O[SiH3]. The summed E-state index contributed by atoms with van der Waals surface area (Å²) in [5.41, 5.74) is 0.0966. The maximum atomic E-state index is 6.13. The van der Waals surface area contributed by atoms with Crippen LogP contribution in [0.2, 0.25) is 0 Å². The fourth-order valence-corrected chi connectivity index (χ4v) is 2.98. The first-order valence-corrected chi connectivity index (χ1v) is 7.54. The van der Waals surface area contributed by atoms with E-state index in [4.69, 9.17) is 16.0 Å². The van der Waals surface area contributed by atoms with E-state index in [1.54, 1.807) is 0 Å². The van der Waals surface area contributed by atoms with Gasteiger partial charge in [0.25, 0.3) is 0 Å². The highest BCUT2D eigenvalue weighted by Gasteiger charge is 2.29. The predicted molar refractivity (Wildman–Crippen MR) is 72.7 cm³/mol. The average Bonchev–Trinajstić information content (AvgIpc) is 2.22. The zero-order valence-corrected chi connectivity index (χ0v) is 13.6. The number of hydrogen-bond acceptors (Lipinski definition) is 1. The third-order valence-electron chi connectivity index (χ3n) is 3.06. The van der Waals surface area contributed by atoms with Crippen molar-refractivity contribution in [1.29, 1.82) is 0 Å². The van der Waals surface area contributed by atoms with Crippen LogP contribution in [0.25, 0.3) is 0 Å². The van der Waals surface area contributed by atoms with Gasteiger partial charge in [0.1, 0.15) is 10.5 Å². The van der Waals surface area contributed by atoms with E-state index in [-0.39, 0.29) is 11.0 Å². The molecule has 0 rings (SSSR count). The number of unbranched alkanes of at least 4 members (excludes halogenated alkanes) is 2. The minimum absolute atomic E-state index is 0.0966. The van der Waals surface area contributed by atoms with Crippen LogP contribution in [0.4, 0.5) is 0 Å². The van der Waals surface area contributed by atoms with Gasteiger partial charge in [0, 0.05) is 5.38 Å². The van der Waals surface area contributed by atoms with Crippen molar-refractivity contribution in [1.82, 2.24) is 0 Å². The van der Waals surface area contributed by atoms with Gasteiger partial charge in [-0.25, -0.2) is 0 Å². The van der Waals surface area contributed by atoms with Crippen molar-refractivity contribution in [3.8, 4) is 0 Å². The molecule has 0 aromatic rings. The third kappa shape index (κ3) is 6.59. The van der Waals surface area contributed by atoms with Crippen molar-refractivity contribution in [3.05, 3.63) is 0 Å².